The summed E-state index contributed by atoms with van der Waals surface area (Å²) in [5, 5.41) is 11.6. The van der Waals surface area contributed by atoms with Crippen LogP contribution >= 0.6 is 11.8 Å². The Morgan fingerprint density at radius 2 is 2.00 bits per heavy atom. The molecule has 2 aromatic carbocycles. The first-order chi connectivity index (χ1) is 12.1. The van der Waals surface area contributed by atoms with Crippen LogP contribution in [0.5, 0.6) is 0 Å². The number of hydrogen-bond donors (Lipinski definition) is 1. The van der Waals surface area contributed by atoms with Crippen molar-refractivity contribution in [3.8, 4) is 6.07 Å². The fourth-order valence-electron chi connectivity index (χ4n) is 2.04. The highest BCUT2D eigenvalue weighted by Crippen LogP contribution is 2.23. The first-order valence-corrected chi connectivity index (χ1v) is 8.81. The number of nitriles is 1. The number of esters is 1. The minimum Gasteiger partial charge on any atom is -0.462 e. The van der Waals surface area contributed by atoms with Crippen molar-refractivity contribution in [3.05, 3.63) is 59.7 Å². The van der Waals surface area contributed by atoms with Crippen LogP contribution in [0.1, 0.15) is 29.3 Å². The molecule has 0 aliphatic heterocycles. The van der Waals surface area contributed by atoms with Crippen LogP contribution in [0.4, 0.5) is 5.69 Å². The van der Waals surface area contributed by atoms with Gasteiger partial charge in [-0.3, -0.25) is 4.79 Å². The zero-order valence-corrected chi connectivity index (χ0v) is 14.6. The Balaban J connectivity index is 1.97. The Kier molecular flexibility index (Phi) is 7.05. The molecule has 0 atom stereocenters. The molecule has 2 rings (SSSR count). The van der Waals surface area contributed by atoms with E-state index >= 15 is 0 Å². The minimum absolute atomic E-state index is 0.148. The molecule has 1 N–H and O–H groups in total. The number of amides is 1. The molecule has 0 saturated heterocycles. The summed E-state index contributed by atoms with van der Waals surface area (Å²) < 4.78 is 5.16. The molecule has 0 saturated carbocycles. The van der Waals surface area contributed by atoms with Gasteiger partial charge in [-0.05, 0) is 36.8 Å². The van der Waals surface area contributed by atoms with Gasteiger partial charge in [0.1, 0.15) is 0 Å². The van der Waals surface area contributed by atoms with Crippen molar-refractivity contribution in [1.82, 2.24) is 0 Å². The second kappa shape index (κ2) is 9.50. The molecule has 1 amide bonds. The fourth-order valence-corrected chi connectivity index (χ4v) is 2.88. The van der Waals surface area contributed by atoms with Crippen LogP contribution in [0.25, 0.3) is 0 Å². The largest absolute Gasteiger partial charge is 0.462 e. The maximum atomic E-state index is 12.1. The molecule has 2 aromatic rings. The van der Waals surface area contributed by atoms with Gasteiger partial charge in [0.2, 0.25) is 5.91 Å². The molecule has 5 nitrogen and oxygen atoms in total. The zero-order chi connectivity index (χ0) is 18.1. The SMILES string of the molecule is CCCOC(=O)c1ccccc1SCC(=O)Nc1cccc(C#N)c1. The van der Waals surface area contributed by atoms with Crippen molar-refractivity contribution in [3.63, 3.8) is 0 Å². The topological polar surface area (TPSA) is 79.2 Å². The van der Waals surface area contributed by atoms with Gasteiger partial charge < -0.3 is 10.1 Å². The van der Waals surface area contributed by atoms with Gasteiger partial charge >= 0.3 is 5.97 Å². The summed E-state index contributed by atoms with van der Waals surface area (Å²) in [6.07, 6.45) is 0.755. The number of hydrogen-bond acceptors (Lipinski definition) is 5. The summed E-state index contributed by atoms with van der Waals surface area (Å²) in [5.74, 6) is -0.446. The van der Waals surface area contributed by atoms with Gasteiger partial charge in [0.05, 0.1) is 29.6 Å². The second-order valence-electron chi connectivity index (χ2n) is 5.16. The molecule has 0 bridgehead atoms. The van der Waals surface area contributed by atoms with Crippen molar-refractivity contribution in [2.45, 2.75) is 18.2 Å². The lowest BCUT2D eigenvalue weighted by atomic mass is 10.2. The predicted octanol–water partition coefficient (Wildman–Crippen LogP) is 3.86. The van der Waals surface area contributed by atoms with Crippen LogP contribution in [0.2, 0.25) is 0 Å². The highest BCUT2D eigenvalue weighted by Gasteiger charge is 2.14. The van der Waals surface area contributed by atoms with E-state index in [0.717, 1.165) is 6.42 Å². The third-order valence-electron chi connectivity index (χ3n) is 3.18. The summed E-state index contributed by atoms with van der Waals surface area (Å²) in [4.78, 5) is 24.9. The molecule has 0 spiro atoms. The second-order valence-corrected chi connectivity index (χ2v) is 6.18. The average Bonchev–Trinajstić information content (AvgIpc) is 2.64. The molecule has 25 heavy (non-hydrogen) atoms. The standard InChI is InChI=1S/C19H18N2O3S/c1-2-10-24-19(23)16-8-3-4-9-17(16)25-13-18(22)21-15-7-5-6-14(11-15)12-20/h3-9,11H,2,10,13H2,1H3,(H,21,22). The number of nitrogens with one attached hydrogen (secondary N) is 1. The summed E-state index contributed by atoms with van der Waals surface area (Å²) in [7, 11) is 0. The van der Waals surface area contributed by atoms with E-state index in [4.69, 9.17) is 10.00 Å². The van der Waals surface area contributed by atoms with E-state index in [-0.39, 0.29) is 17.6 Å². The maximum Gasteiger partial charge on any atom is 0.339 e. The van der Waals surface area contributed by atoms with Gasteiger partial charge in [-0.1, -0.05) is 25.1 Å². The molecule has 6 heteroatoms. The maximum absolute atomic E-state index is 12.1. The number of benzene rings is 2. The number of nitrogens with zero attached hydrogens (tertiary/aromatic N) is 1. The molecule has 0 aliphatic rings. The Morgan fingerprint density at radius 1 is 1.20 bits per heavy atom. The minimum atomic E-state index is -0.382. The number of carbonyl (C=O) groups is 2. The molecule has 128 valence electrons. The van der Waals surface area contributed by atoms with Crippen molar-refractivity contribution >= 4 is 29.3 Å². The van der Waals surface area contributed by atoms with E-state index in [9.17, 15) is 9.59 Å². The lowest BCUT2D eigenvalue weighted by molar-refractivity contribution is -0.113. The molecule has 0 aromatic heterocycles. The number of rotatable bonds is 7. The molecule has 0 aliphatic carbocycles. The normalized spacial score (nSPS) is 9.92. The summed E-state index contributed by atoms with van der Waals surface area (Å²) >= 11 is 1.27. The smallest absolute Gasteiger partial charge is 0.339 e. The van der Waals surface area contributed by atoms with Crippen LogP contribution in [0.15, 0.2) is 53.4 Å². The number of anilines is 1. The van der Waals surface area contributed by atoms with Gasteiger partial charge in [-0.25, -0.2) is 4.79 Å². The van der Waals surface area contributed by atoms with E-state index in [0.29, 0.717) is 28.3 Å². The first kappa shape index (κ1) is 18.6. The third-order valence-corrected chi connectivity index (χ3v) is 4.25. The quantitative estimate of drug-likeness (QED) is 0.603. The Morgan fingerprint density at radius 3 is 2.76 bits per heavy atom. The van der Waals surface area contributed by atoms with Crippen molar-refractivity contribution in [2.75, 3.05) is 17.7 Å². The van der Waals surface area contributed by atoms with Gasteiger partial charge in [0.15, 0.2) is 0 Å². The predicted molar refractivity (Wildman–Crippen MR) is 97.5 cm³/mol. The van der Waals surface area contributed by atoms with Crippen molar-refractivity contribution in [1.29, 1.82) is 5.26 Å². The Labute approximate surface area is 151 Å². The summed E-state index contributed by atoms with van der Waals surface area (Å²) in [6.45, 7) is 2.30. The highest BCUT2D eigenvalue weighted by molar-refractivity contribution is 8.00. The van der Waals surface area contributed by atoms with Crippen molar-refractivity contribution < 1.29 is 14.3 Å². The summed E-state index contributed by atoms with van der Waals surface area (Å²) in [5.41, 5.74) is 1.51. The number of carbonyl (C=O) groups excluding carboxylic acids is 2. The molecule has 0 heterocycles. The van der Waals surface area contributed by atoms with Crippen LogP contribution < -0.4 is 5.32 Å². The first-order valence-electron chi connectivity index (χ1n) is 7.83. The Hall–Kier alpha value is -2.78. The molecule has 0 fully saturated rings. The number of thioether (sulfide) groups is 1. The molecule has 0 radical (unpaired) electrons. The molecular formula is C19H18N2O3S. The monoisotopic (exact) mass is 354 g/mol. The van der Waals surface area contributed by atoms with Crippen LogP contribution in [-0.4, -0.2) is 24.2 Å². The zero-order valence-electron chi connectivity index (χ0n) is 13.8. The number of ether oxygens (including phenoxy) is 1. The lowest BCUT2D eigenvalue weighted by Crippen LogP contribution is -2.14. The van der Waals surface area contributed by atoms with E-state index in [2.05, 4.69) is 5.32 Å². The molecular weight excluding hydrogens is 336 g/mol. The van der Waals surface area contributed by atoms with Gasteiger partial charge in [0.25, 0.3) is 0 Å². The van der Waals surface area contributed by atoms with Gasteiger partial charge in [0, 0.05) is 10.6 Å². The highest BCUT2D eigenvalue weighted by atomic mass is 32.2. The van der Waals surface area contributed by atoms with E-state index in [1.165, 1.54) is 11.8 Å². The Bertz CT molecular complexity index is 799. The van der Waals surface area contributed by atoms with E-state index in [1.807, 2.05) is 19.1 Å². The van der Waals surface area contributed by atoms with Crippen molar-refractivity contribution in [2.24, 2.45) is 0 Å². The van der Waals surface area contributed by atoms with Crippen LogP contribution in [-0.2, 0) is 9.53 Å². The van der Waals surface area contributed by atoms with E-state index in [1.54, 1.807) is 42.5 Å². The third kappa shape index (κ3) is 5.66. The van der Waals surface area contributed by atoms with Gasteiger partial charge in [-0.2, -0.15) is 5.26 Å². The molecule has 0 unspecified atom stereocenters. The van der Waals surface area contributed by atoms with Crippen LogP contribution in [0, 0.1) is 11.3 Å². The van der Waals surface area contributed by atoms with Gasteiger partial charge in [-0.15, -0.1) is 11.8 Å². The van der Waals surface area contributed by atoms with Crippen LogP contribution in [0.3, 0.4) is 0 Å². The van der Waals surface area contributed by atoms with E-state index < -0.39 is 0 Å². The lowest BCUT2D eigenvalue weighted by Gasteiger charge is -2.09. The summed E-state index contributed by atoms with van der Waals surface area (Å²) in [6, 6.07) is 15.8. The fraction of sp³-hybridized carbons (Fsp3) is 0.211. The average molecular weight is 354 g/mol.